The van der Waals surface area contributed by atoms with Gasteiger partial charge in [-0.25, -0.2) is 4.79 Å². The van der Waals surface area contributed by atoms with Crippen molar-refractivity contribution in [2.24, 2.45) is 0 Å². The summed E-state index contributed by atoms with van der Waals surface area (Å²) in [4.78, 5) is 14.2. The number of urea groups is 1. The first-order chi connectivity index (χ1) is 10.0. The molecule has 2 rings (SSSR count). The van der Waals surface area contributed by atoms with Crippen molar-refractivity contribution in [2.45, 2.75) is 39.7 Å². The molecule has 0 saturated carbocycles. The van der Waals surface area contributed by atoms with E-state index in [1.54, 1.807) is 4.90 Å². The molecule has 1 fully saturated rings. The number of benzene rings is 1. The number of nitrogens with zero attached hydrogens (tertiary/aromatic N) is 1. The highest BCUT2D eigenvalue weighted by Crippen LogP contribution is 2.28. The van der Waals surface area contributed by atoms with Gasteiger partial charge in [0.15, 0.2) is 0 Å². The maximum Gasteiger partial charge on any atom is 0.321 e. The Bertz CT molecular complexity index is 494. The quantitative estimate of drug-likeness (QED) is 0.917. The van der Waals surface area contributed by atoms with Gasteiger partial charge in [-0.1, -0.05) is 17.7 Å². The van der Waals surface area contributed by atoms with Gasteiger partial charge in [-0.15, -0.1) is 0 Å². The molecule has 0 spiro atoms. The molecule has 0 unspecified atom stereocenters. The highest BCUT2D eigenvalue weighted by Gasteiger charge is 2.24. The molecule has 2 amide bonds. The second-order valence-electron chi connectivity index (χ2n) is 5.53. The first-order valence-electron chi connectivity index (χ1n) is 7.45. The van der Waals surface area contributed by atoms with Gasteiger partial charge in [0.2, 0.25) is 0 Å². The number of anilines is 1. The largest absolute Gasteiger partial charge is 0.377 e. The van der Waals surface area contributed by atoms with Crippen LogP contribution in [0.4, 0.5) is 10.5 Å². The Morgan fingerprint density at radius 2 is 2.24 bits per heavy atom. The van der Waals surface area contributed by atoms with E-state index in [2.05, 4.69) is 5.32 Å². The predicted octanol–water partition coefficient (Wildman–Crippen LogP) is 3.99. The Labute approximate surface area is 131 Å². The summed E-state index contributed by atoms with van der Waals surface area (Å²) in [7, 11) is 0. The lowest BCUT2D eigenvalue weighted by Gasteiger charge is -2.32. The molecule has 1 aromatic carbocycles. The van der Waals surface area contributed by atoms with Gasteiger partial charge in [0.25, 0.3) is 0 Å². The van der Waals surface area contributed by atoms with E-state index in [0.29, 0.717) is 23.9 Å². The molecule has 1 atom stereocenters. The highest BCUT2D eigenvalue weighted by molar-refractivity contribution is 6.34. The molecule has 1 N–H and O–H groups in total. The van der Waals surface area contributed by atoms with Gasteiger partial charge in [0.1, 0.15) is 0 Å². The number of rotatable bonds is 3. The molecule has 0 aromatic heterocycles. The summed E-state index contributed by atoms with van der Waals surface area (Å²) < 4.78 is 5.63. The molecule has 0 aliphatic carbocycles. The number of nitrogens with one attached hydrogen (secondary N) is 1. The van der Waals surface area contributed by atoms with Crippen molar-refractivity contribution in [3.05, 3.63) is 28.3 Å². The Morgan fingerprint density at radius 1 is 1.48 bits per heavy atom. The van der Waals surface area contributed by atoms with E-state index in [4.69, 9.17) is 16.3 Å². The molecule has 1 aliphatic rings. The lowest BCUT2D eigenvalue weighted by molar-refractivity contribution is 0.0181. The van der Waals surface area contributed by atoms with Crippen LogP contribution in [-0.4, -0.2) is 36.7 Å². The number of ether oxygens (including phenoxy) is 1. The van der Waals surface area contributed by atoms with Crippen LogP contribution in [0, 0.1) is 13.8 Å². The van der Waals surface area contributed by atoms with Gasteiger partial charge < -0.3 is 15.0 Å². The maximum atomic E-state index is 12.4. The molecule has 1 aliphatic heterocycles. The zero-order valence-corrected chi connectivity index (χ0v) is 13.7. The van der Waals surface area contributed by atoms with Gasteiger partial charge in [0.05, 0.1) is 16.8 Å². The number of amides is 2. The highest BCUT2D eigenvalue weighted by atomic mass is 35.5. The lowest BCUT2D eigenvalue weighted by Crippen LogP contribution is -2.45. The van der Waals surface area contributed by atoms with Crippen LogP contribution in [0.2, 0.25) is 5.02 Å². The summed E-state index contributed by atoms with van der Waals surface area (Å²) in [6.07, 6.45) is 2.13. The van der Waals surface area contributed by atoms with Crippen LogP contribution in [0.5, 0.6) is 0 Å². The van der Waals surface area contributed by atoms with Crippen LogP contribution in [0.15, 0.2) is 12.1 Å². The van der Waals surface area contributed by atoms with Crippen molar-refractivity contribution >= 4 is 23.3 Å². The van der Waals surface area contributed by atoms with E-state index >= 15 is 0 Å². The van der Waals surface area contributed by atoms with Crippen LogP contribution in [0.25, 0.3) is 0 Å². The van der Waals surface area contributed by atoms with Crippen molar-refractivity contribution in [2.75, 3.05) is 25.0 Å². The number of halogens is 1. The van der Waals surface area contributed by atoms with E-state index in [1.807, 2.05) is 32.9 Å². The molecule has 1 heterocycles. The molecular weight excluding hydrogens is 288 g/mol. The molecule has 5 heteroatoms. The molecule has 21 heavy (non-hydrogen) atoms. The van der Waals surface area contributed by atoms with Crippen LogP contribution in [0.1, 0.15) is 30.9 Å². The van der Waals surface area contributed by atoms with Crippen molar-refractivity contribution in [3.63, 3.8) is 0 Å². The average Bonchev–Trinajstić information content (AvgIpc) is 2.43. The predicted molar refractivity (Wildman–Crippen MR) is 86.2 cm³/mol. The Hall–Kier alpha value is -1.26. The van der Waals surface area contributed by atoms with E-state index in [1.165, 1.54) is 0 Å². The molecule has 1 aromatic rings. The summed E-state index contributed by atoms with van der Waals surface area (Å²) in [5.41, 5.74) is 2.77. The molecule has 116 valence electrons. The number of likely N-dealkylation sites (tertiary alicyclic amines) is 1. The second-order valence-corrected chi connectivity index (χ2v) is 5.94. The number of piperidine rings is 1. The normalized spacial score (nSPS) is 18.7. The number of carbonyl (C=O) groups excluding carboxylic acids is 1. The van der Waals surface area contributed by atoms with Crippen LogP contribution in [-0.2, 0) is 4.74 Å². The SMILES string of the molecule is CCO[C@@H]1CCCN(C(=O)Nc2c(C)cc(C)cc2Cl)C1. The summed E-state index contributed by atoms with van der Waals surface area (Å²) in [6, 6.07) is 3.78. The summed E-state index contributed by atoms with van der Waals surface area (Å²) in [6.45, 7) is 8.01. The first kappa shape index (κ1) is 16.1. The fraction of sp³-hybridized carbons (Fsp3) is 0.562. The fourth-order valence-electron chi connectivity index (χ4n) is 2.75. The number of aryl methyl sites for hydroxylation is 2. The summed E-state index contributed by atoms with van der Waals surface area (Å²) in [5.74, 6) is 0. The van der Waals surface area contributed by atoms with Gasteiger partial charge in [-0.3, -0.25) is 0 Å². The van der Waals surface area contributed by atoms with E-state index in [9.17, 15) is 4.79 Å². The summed E-state index contributed by atoms with van der Waals surface area (Å²) >= 11 is 6.24. The number of carbonyl (C=O) groups is 1. The zero-order valence-electron chi connectivity index (χ0n) is 12.9. The second kappa shape index (κ2) is 7.14. The molecule has 1 saturated heterocycles. The third-order valence-electron chi connectivity index (χ3n) is 3.73. The summed E-state index contributed by atoms with van der Waals surface area (Å²) in [5, 5.41) is 3.52. The van der Waals surface area contributed by atoms with Gasteiger partial charge in [-0.2, -0.15) is 0 Å². The van der Waals surface area contributed by atoms with E-state index in [-0.39, 0.29) is 12.1 Å². The minimum atomic E-state index is -0.103. The minimum absolute atomic E-state index is 0.103. The Balaban J connectivity index is 2.04. The maximum absolute atomic E-state index is 12.4. The lowest BCUT2D eigenvalue weighted by atomic mass is 10.1. The zero-order chi connectivity index (χ0) is 15.4. The molecule has 4 nitrogen and oxygen atoms in total. The Kier molecular flexibility index (Phi) is 5.48. The standard InChI is InChI=1S/C16H23ClN2O2/c1-4-21-13-6-5-7-19(10-13)16(20)18-15-12(3)8-11(2)9-14(15)17/h8-9,13H,4-7,10H2,1-3H3,(H,18,20)/t13-/m1/s1. The monoisotopic (exact) mass is 310 g/mol. The van der Waals surface area contributed by atoms with Crippen LogP contribution in [0.3, 0.4) is 0 Å². The van der Waals surface area contributed by atoms with Crippen molar-refractivity contribution in [1.82, 2.24) is 4.90 Å². The minimum Gasteiger partial charge on any atom is -0.377 e. The van der Waals surface area contributed by atoms with Gasteiger partial charge in [-0.05, 0) is 50.8 Å². The van der Waals surface area contributed by atoms with Crippen molar-refractivity contribution < 1.29 is 9.53 Å². The van der Waals surface area contributed by atoms with Gasteiger partial charge in [0, 0.05) is 19.7 Å². The van der Waals surface area contributed by atoms with Crippen molar-refractivity contribution in [3.8, 4) is 0 Å². The number of hydrogen-bond acceptors (Lipinski definition) is 2. The third-order valence-corrected chi connectivity index (χ3v) is 4.03. The van der Waals surface area contributed by atoms with Crippen LogP contribution < -0.4 is 5.32 Å². The third kappa shape index (κ3) is 4.11. The van der Waals surface area contributed by atoms with E-state index < -0.39 is 0 Å². The van der Waals surface area contributed by atoms with Crippen molar-refractivity contribution in [1.29, 1.82) is 0 Å². The van der Waals surface area contributed by atoms with E-state index in [0.717, 1.165) is 30.5 Å². The van der Waals surface area contributed by atoms with Gasteiger partial charge >= 0.3 is 6.03 Å². The fourth-order valence-corrected chi connectivity index (χ4v) is 3.12. The Morgan fingerprint density at radius 3 is 2.90 bits per heavy atom. The average molecular weight is 311 g/mol. The number of hydrogen-bond donors (Lipinski definition) is 1. The topological polar surface area (TPSA) is 41.6 Å². The first-order valence-corrected chi connectivity index (χ1v) is 7.83. The smallest absolute Gasteiger partial charge is 0.321 e. The molecule has 0 radical (unpaired) electrons. The molecular formula is C16H23ClN2O2. The molecule has 0 bridgehead atoms. The van der Waals surface area contributed by atoms with Crippen LogP contribution >= 0.6 is 11.6 Å².